The van der Waals surface area contributed by atoms with Crippen molar-refractivity contribution in [1.29, 1.82) is 0 Å². The zero-order valence-electron chi connectivity index (χ0n) is 19.7. The van der Waals surface area contributed by atoms with Crippen LogP contribution in [0, 0.1) is 0 Å². The third-order valence-electron chi connectivity index (χ3n) is 6.85. The van der Waals surface area contributed by atoms with E-state index in [0.717, 1.165) is 53.1 Å². The third kappa shape index (κ3) is 4.38. The number of nitrogens with zero attached hydrogens (tertiary/aromatic N) is 2. The predicted molar refractivity (Wildman–Crippen MR) is 138 cm³/mol. The number of fused-ring (bicyclic) bond motifs is 1. The van der Waals surface area contributed by atoms with Crippen LogP contribution in [0.15, 0.2) is 78.9 Å². The third-order valence-corrected chi connectivity index (χ3v) is 7.10. The highest BCUT2D eigenvalue weighted by atomic mass is 35.5. The number of nitrogens with one attached hydrogen (secondary N) is 1. The lowest BCUT2D eigenvalue weighted by molar-refractivity contribution is 0.0495. The number of halogens is 1. The topological polar surface area (TPSA) is 67.5 Å². The average molecular weight is 500 g/mol. The summed E-state index contributed by atoms with van der Waals surface area (Å²) in [5, 5.41) is 8.28. The number of benzene rings is 3. The number of rotatable bonds is 7. The van der Waals surface area contributed by atoms with Gasteiger partial charge >= 0.3 is 0 Å². The van der Waals surface area contributed by atoms with E-state index in [1.807, 2.05) is 83.8 Å². The first kappa shape index (κ1) is 22.8. The second kappa shape index (κ2) is 9.80. The van der Waals surface area contributed by atoms with Crippen LogP contribution in [-0.4, -0.2) is 40.3 Å². The van der Waals surface area contributed by atoms with Gasteiger partial charge in [0.1, 0.15) is 18.1 Å². The summed E-state index contributed by atoms with van der Waals surface area (Å²) in [5.74, 6) is 0.725. The number of aromatic nitrogens is 2. The van der Waals surface area contributed by atoms with Gasteiger partial charge in [0, 0.05) is 29.3 Å². The van der Waals surface area contributed by atoms with E-state index in [2.05, 4.69) is 10.2 Å². The van der Waals surface area contributed by atoms with E-state index in [9.17, 15) is 4.79 Å². The Hall–Kier alpha value is -3.61. The molecule has 0 saturated carbocycles. The van der Waals surface area contributed by atoms with Crippen LogP contribution in [0.3, 0.4) is 0 Å². The zero-order chi connectivity index (χ0) is 24.5. The molecule has 1 N–H and O–H groups in total. The van der Waals surface area contributed by atoms with Crippen LogP contribution in [0.4, 0.5) is 0 Å². The van der Waals surface area contributed by atoms with Crippen molar-refractivity contribution in [2.75, 3.05) is 13.2 Å². The lowest BCUT2D eigenvalue weighted by Crippen LogP contribution is -2.36. The molecule has 0 radical (unpaired) electrons. The second-order valence-electron chi connectivity index (χ2n) is 9.21. The number of carbonyl (C=O) groups excluding carboxylic acids is 1. The summed E-state index contributed by atoms with van der Waals surface area (Å²) in [4.78, 5) is 15.5. The summed E-state index contributed by atoms with van der Waals surface area (Å²) < 4.78 is 11.9. The Morgan fingerprint density at radius 1 is 1.03 bits per heavy atom. The molecule has 0 bridgehead atoms. The molecule has 0 aliphatic carbocycles. The maximum absolute atomic E-state index is 13.5. The molecule has 0 spiro atoms. The molecular formula is C29H26ClN3O3. The Morgan fingerprint density at radius 2 is 1.81 bits per heavy atom. The first-order valence-corrected chi connectivity index (χ1v) is 12.6. The van der Waals surface area contributed by atoms with E-state index in [-0.39, 0.29) is 18.1 Å². The van der Waals surface area contributed by atoms with Gasteiger partial charge in [0.05, 0.1) is 17.8 Å². The minimum Gasteiger partial charge on any atom is -0.489 e. The lowest BCUT2D eigenvalue weighted by Gasteiger charge is -2.28. The van der Waals surface area contributed by atoms with Crippen LogP contribution >= 0.6 is 11.6 Å². The number of hydrogen-bond acceptors (Lipinski definition) is 4. The van der Waals surface area contributed by atoms with Crippen molar-refractivity contribution >= 4 is 17.5 Å². The van der Waals surface area contributed by atoms with E-state index >= 15 is 0 Å². The van der Waals surface area contributed by atoms with Gasteiger partial charge in [-0.3, -0.25) is 9.89 Å². The fourth-order valence-electron chi connectivity index (χ4n) is 5.05. The fraction of sp³-hybridized carbons (Fsp3) is 0.241. The van der Waals surface area contributed by atoms with Gasteiger partial charge in [-0.2, -0.15) is 5.10 Å². The summed E-state index contributed by atoms with van der Waals surface area (Å²) >= 11 is 5.98. The molecule has 3 aromatic carbocycles. The van der Waals surface area contributed by atoms with Crippen LogP contribution in [-0.2, 0) is 11.3 Å². The molecule has 6 rings (SSSR count). The highest BCUT2D eigenvalue weighted by Gasteiger charge is 2.43. The summed E-state index contributed by atoms with van der Waals surface area (Å²) in [6, 6.07) is 25.4. The smallest absolute Gasteiger partial charge is 0.273 e. The van der Waals surface area contributed by atoms with Crippen molar-refractivity contribution in [1.82, 2.24) is 15.1 Å². The highest BCUT2D eigenvalue weighted by Crippen LogP contribution is 2.43. The number of ether oxygens (including phenoxy) is 2. The number of amides is 1. The van der Waals surface area contributed by atoms with Crippen molar-refractivity contribution in [2.24, 2.45) is 0 Å². The van der Waals surface area contributed by atoms with Crippen molar-refractivity contribution in [3.05, 3.63) is 106 Å². The summed E-state index contributed by atoms with van der Waals surface area (Å²) in [5.41, 5.74) is 5.32. The molecule has 1 saturated heterocycles. The molecule has 2 unspecified atom stereocenters. The Balaban J connectivity index is 1.31. The van der Waals surface area contributed by atoms with Gasteiger partial charge in [-0.25, -0.2) is 0 Å². The number of carbonyl (C=O) groups is 1. The van der Waals surface area contributed by atoms with Gasteiger partial charge in [0.25, 0.3) is 5.91 Å². The molecule has 7 heteroatoms. The monoisotopic (exact) mass is 499 g/mol. The first-order chi connectivity index (χ1) is 17.7. The Bertz CT molecular complexity index is 1350. The van der Waals surface area contributed by atoms with Crippen molar-refractivity contribution < 1.29 is 14.3 Å². The second-order valence-corrected chi connectivity index (χ2v) is 9.64. The first-order valence-electron chi connectivity index (χ1n) is 12.2. The quantitative estimate of drug-likeness (QED) is 0.337. The average Bonchev–Trinajstić information content (AvgIpc) is 3.64. The van der Waals surface area contributed by atoms with Gasteiger partial charge in [-0.1, -0.05) is 66.2 Å². The van der Waals surface area contributed by atoms with E-state index in [4.69, 9.17) is 21.1 Å². The standard InChI is InChI=1S/C29H26ClN3O3/c30-22-12-8-19(9-13-22)18-36-23-14-10-21(11-15-23)28-25-26(20-5-2-1-3-6-20)31-32-27(25)29(34)33(28)17-24-7-4-16-35-24/h1-3,5-6,8-15,24,28H,4,7,16-18H2,(H,31,32). The van der Waals surface area contributed by atoms with Crippen LogP contribution in [0.2, 0.25) is 5.02 Å². The van der Waals surface area contributed by atoms with E-state index < -0.39 is 0 Å². The van der Waals surface area contributed by atoms with Gasteiger partial charge < -0.3 is 14.4 Å². The minimum absolute atomic E-state index is 0.0387. The van der Waals surface area contributed by atoms with E-state index in [1.165, 1.54) is 0 Å². The molecule has 2 aliphatic rings. The number of H-pyrrole nitrogens is 1. The molecule has 1 fully saturated rings. The van der Waals surface area contributed by atoms with Crippen molar-refractivity contribution in [3.8, 4) is 17.0 Å². The molecular weight excluding hydrogens is 474 g/mol. The van der Waals surface area contributed by atoms with Crippen molar-refractivity contribution in [3.63, 3.8) is 0 Å². The maximum Gasteiger partial charge on any atom is 0.273 e. The SMILES string of the molecule is O=C1c2[nH]nc(-c3ccccc3)c2C(c2ccc(OCc3ccc(Cl)cc3)cc2)N1CC1CCCO1. The predicted octanol–water partition coefficient (Wildman–Crippen LogP) is 6.03. The molecule has 1 aromatic heterocycles. The van der Waals surface area contributed by atoms with E-state index in [1.54, 1.807) is 0 Å². The zero-order valence-corrected chi connectivity index (χ0v) is 20.4. The van der Waals surface area contributed by atoms with Crippen LogP contribution in [0.25, 0.3) is 11.3 Å². The van der Waals surface area contributed by atoms with Crippen LogP contribution < -0.4 is 4.74 Å². The fourth-order valence-corrected chi connectivity index (χ4v) is 5.17. The molecule has 2 atom stereocenters. The molecule has 6 nitrogen and oxygen atoms in total. The van der Waals surface area contributed by atoms with Crippen molar-refractivity contribution in [2.45, 2.75) is 31.6 Å². The van der Waals surface area contributed by atoms with E-state index in [0.29, 0.717) is 23.9 Å². The number of hydrogen-bond donors (Lipinski definition) is 1. The Labute approximate surface area is 214 Å². The molecule has 3 heterocycles. The van der Waals surface area contributed by atoms with Gasteiger partial charge in [0.15, 0.2) is 0 Å². The lowest BCUT2D eigenvalue weighted by atomic mass is 9.96. The Morgan fingerprint density at radius 3 is 2.53 bits per heavy atom. The molecule has 1 amide bonds. The molecule has 2 aliphatic heterocycles. The molecule has 182 valence electrons. The molecule has 4 aromatic rings. The largest absolute Gasteiger partial charge is 0.489 e. The van der Waals surface area contributed by atoms with Gasteiger partial charge in [0.2, 0.25) is 0 Å². The van der Waals surface area contributed by atoms with Crippen LogP contribution in [0.1, 0.15) is 46.1 Å². The van der Waals surface area contributed by atoms with Gasteiger partial charge in [-0.15, -0.1) is 0 Å². The minimum atomic E-state index is -0.254. The normalized spacial score (nSPS) is 19.0. The summed E-state index contributed by atoms with van der Waals surface area (Å²) in [7, 11) is 0. The molecule has 36 heavy (non-hydrogen) atoms. The summed E-state index contributed by atoms with van der Waals surface area (Å²) in [6.07, 6.45) is 2.04. The Kier molecular flexibility index (Phi) is 6.21. The summed E-state index contributed by atoms with van der Waals surface area (Å²) in [6.45, 7) is 1.75. The highest BCUT2D eigenvalue weighted by molar-refractivity contribution is 6.30. The maximum atomic E-state index is 13.5. The van der Waals surface area contributed by atoms with Gasteiger partial charge in [-0.05, 0) is 48.2 Å². The number of aromatic amines is 1. The van der Waals surface area contributed by atoms with Crippen LogP contribution in [0.5, 0.6) is 5.75 Å².